The van der Waals surface area contributed by atoms with Crippen LogP contribution in [0.4, 0.5) is 0 Å². The van der Waals surface area contributed by atoms with E-state index >= 15 is 0 Å². The lowest BCUT2D eigenvalue weighted by Gasteiger charge is -2.05. The van der Waals surface area contributed by atoms with E-state index in [0.717, 1.165) is 21.2 Å². The average molecular weight is 287 g/mol. The van der Waals surface area contributed by atoms with Crippen LogP contribution < -0.4 is 0 Å². The van der Waals surface area contributed by atoms with Crippen LogP contribution in [-0.2, 0) is 0 Å². The largest absolute Gasteiger partial charge is 0.298 e. The van der Waals surface area contributed by atoms with Crippen LogP contribution in [0.3, 0.4) is 0 Å². The number of halogens is 1. The van der Waals surface area contributed by atoms with E-state index in [-0.39, 0.29) is 0 Å². The molecule has 0 aliphatic rings. The minimum Gasteiger partial charge on any atom is -0.298 e. The summed E-state index contributed by atoms with van der Waals surface area (Å²) in [7, 11) is 0. The third-order valence-electron chi connectivity index (χ3n) is 2.02. The number of hydrogen-bond acceptors (Lipinski definition) is 3. The molecular weight excluding hydrogens is 280 g/mol. The van der Waals surface area contributed by atoms with Crippen molar-refractivity contribution in [3.63, 3.8) is 0 Å². The highest BCUT2D eigenvalue weighted by Gasteiger charge is 2.11. The first-order chi connectivity index (χ1) is 6.77. The van der Waals surface area contributed by atoms with Crippen LogP contribution in [0.5, 0.6) is 0 Å². The second-order valence-corrected chi connectivity index (χ2v) is 5.37. The van der Waals surface area contributed by atoms with Gasteiger partial charge in [0.25, 0.3) is 0 Å². The molecule has 0 unspecified atom stereocenters. The summed E-state index contributed by atoms with van der Waals surface area (Å²) in [5.74, 6) is 0. The topological polar surface area (TPSA) is 17.1 Å². The Hall–Kier alpha value is -0.320. The van der Waals surface area contributed by atoms with Crippen molar-refractivity contribution in [2.24, 2.45) is 0 Å². The second kappa shape index (κ2) is 4.04. The first-order valence-electron chi connectivity index (χ1n) is 3.96. The number of thiophene rings is 1. The molecule has 0 amide bonds. The molecule has 72 valence electrons. The minimum absolute atomic E-state index is 0.753. The van der Waals surface area contributed by atoms with Crippen LogP contribution >= 0.6 is 39.0 Å². The highest BCUT2D eigenvalue weighted by molar-refractivity contribution is 9.10. The van der Waals surface area contributed by atoms with Crippen molar-refractivity contribution >= 4 is 55.4 Å². The van der Waals surface area contributed by atoms with Gasteiger partial charge in [0.1, 0.15) is 0 Å². The van der Waals surface area contributed by atoms with Gasteiger partial charge in [0.15, 0.2) is 6.29 Å². The second-order valence-electron chi connectivity index (χ2n) is 2.76. The summed E-state index contributed by atoms with van der Waals surface area (Å²) in [5, 5.41) is 3.22. The maximum absolute atomic E-state index is 10.9. The zero-order chi connectivity index (χ0) is 10.1. The van der Waals surface area contributed by atoms with Crippen LogP contribution in [0.15, 0.2) is 26.9 Å². The van der Waals surface area contributed by atoms with Crippen molar-refractivity contribution in [1.29, 1.82) is 0 Å². The third kappa shape index (κ3) is 1.51. The number of hydrogen-bond donors (Lipinski definition) is 0. The van der Waals surface area contributed by atoms with E-state index in [2.05, 4.69) is 22.0 Å². The van der Waals surface area contributed by atoms with Gasteiger partial charge >= 0.3 is 0 Å². The number of benzene rings is 1. The predicted molar refractivity (Wildman–Crippen MR) is 66.7 cm³/mol. The molecule has 1 aromatic carbocycles. The van der Waals surface area contributed by atoms with E-state index in [4.69, 9.17) is 0 Å². The molecule has 0 saturated heterocycles. The molecule has 0 fully saturated rings. The van der Waals surface area contributed by atoms with Gasteiger partial charge in [-0.05, 0) is 39.7 Å². The monoisotopic (exact) mass is 286 g/mol. The number of carbonyl (C=O) groups excluding carboxylic acids is 1. The van der Waals surface area contributed by atoms with E-state index in [1.807, 2.05) is 17.7 Å². The molecule has 0 saturated carbocycles. The highest BCUT2D eigenvalue weighted by Crippen LogP contribution is 2.36. The minimum atomic E-state index is 0.753. The predicted octanol–water partition coefficient (Wildman–Crippen LogP) is 4.20. The lowest BCUT2D eigenvalue weighted by molar-refractivity contribution is 0.112. The fourth-order valence-corrected chi connectivity index (χ4v) is 3.87. The van der Waals surface area contributed by atoms with E-state index in [0.29, 0.717) is 0 Å². The molecule has 0 aliphatic carbocycles. The maximum atomic E-state index is 10.9. The lowest BCUT2D eigenvalue weighted by atomic mass is 10.2. The van der Waals surface area contributed by atoms with Crippen LogP contribution in [0.25, 0.3) is 10.1 Å². The lowest BCUT2D eigenvalue weighted by Crippen LogP contribution is -1.87. The molecule has 1 nitrogen and oxygen atoms in total. The molecule has 2 rings (SSSR count). The number of thioether (sulfide) groups is 1. The molecule has 1 heterocycles. The van der Waals surface area contributed by atoms with Crippen molar-refractivity contribution in [3.05, 3.63) is 27.5 Å². The Morgan fingerprint density at radius 3 is 3.00 bits per heavy atom. The van der Waals surface area contributed by atoms with Gasteiger partial charge < -0.3 is 0 Å². The van der Waals surface area contributed by atoms with Crippen LogP contribution in [0.2, 0.25) is 0 Å². The third-order valence-corrected chi connectivity index (χ3v) is 4.39. The van der Waals surface area contributed by atoms with Crippen molar-refractivity contribution in [2.75, 3.05) is 6.26 Å². The van der Waals surface area contributed by atoms with Crippen molar-refractivity contribution in [1.82, 2.24) is 0 Å². The fourth-order valence-electron chi connectivity index (χ4n) is 1.40. The molecule has 0 aliphatic heterocycles. The molecule has 0 radical (unpaired) electrons. The zero-order valence-corrected chi connectivity index (χ0v) is 10.6. The quantitative estimate of drug-likeness (QED) is 0.608. The van der Waals surface area contributed by atoms with E-state index in [1.165, 1.54) is 10.1 Å². The molecule has 0 atom stereocenters. The van der Waals surface area contributed by atoms with Crippen molar-refractivity contribution < 1.29 is 4.79 Å². The number of aldehydes is 1. The highest BCUT2D eigenvalue weighted by atomic mass is 79.9. The van der Waals surface area contributed by atoms with Gasteiger partial charge in [0.05, 0.1) is 0 Å². The Morgan fingerprint density at radius 2 is 2.36 bits per heavy atom. The van der Waals surface area contributed by atoms with Crippen molar-refractivity contribution in [2.45, 2.75) is 4.90 Å². The van der Waals surface area contributed by atoms with Gasteiger partial charge in [0.2, 0.25) is 0 Å². The van der Waals surface area contributed by atoms with E-state index in [1.54, 1.807) is 23.1 Å². The molecule has 14 heavy (non-hydrogen) atoms. The van der Waals surface area contributed by atoms with Crippen LogP contribution in [0, 0.1) is 0 Å². The zero-order valence-electron chi connectivity index (χ0n) is 7.41. The summed E-state index contributed by atoms with van der Waals surface area (Å²) in [4.78, 5) is 12.0. The maximum Gasteiger partial charge on any atom is 0.152 e. The summed E-state index contributed by atoms with van der Waals surface area (Å²) in [6.07, 6.45) is 2.90. The first kappa shape index (κ1) is 10.2. The van der Waals surface area contributed by atoms with Gasteiger partial charge in [0, 0.05) is 25.0 Å². The Kier molecular flexibility index (Phi) is 2.95. The summed E-state index contributed by atoms with van der Waals surface area (Å²) >= 11 is 6.72. The summed E-state index contributed by atoms with van der Waals surface area (Å²) in [6, 6.07) is 4.06. The molecular formula is C10H7BrOS2. The number of rotatable bonds is 2. The standard InChI is InChI=1S/C10H7BrOS2/c1-13-10-6-2-3-14-9(6)4-8(11)7(10)5-12/h2-5H,1H3. The SMILES string of the molecule is CSc1c(C=O)c(Br)cc2sccc12. The van der Waals surface area contributed by atoms with Crippen LogP contribution in [0.1, 0.15) is 10.4 Å². The van der Waals surface area contributed by atoms with Crippen molar-refractivity contribution in [3.8, 4) is 0 Å². The molecule has 0 N–H and O–H groups in total. The van der Waals surface area contributed by atoms with Gasteiger partial charge in [-0.15, -0.1) is 23.1 Å². The first-order valence-corrected chi connectivity index (χ1v) is 6.86. The normalized spacial score (nSPS) is 10.7. The smallest absolute Gasteiger partial charge is 0.152 e. The molecule has 1 aromatic heterocycles. The van der Waals surface area contributed by atoms with E-state index in [9.17, 15) is 4.79 Å². The fraction of sp³-hybridized carbons (Fsp3) is 0.100. The van der Waals surface area contributed by atoms with Gasteiger partial charge in [-0.1, -0.05) is 0 Å². The molecule has 0 bridgehead atoms. The Labute approximate surface area is 98.6 Å². The molecule has 0 spiro atoms. The Bertz CT molecular complexity index is 490. The van der Waals surface area contributed by atoms with Gasteiger partial charge in [-0.2, -0.15) is 0 Å². The van der Waals surface area contributed by atoms with Crippen LogP contribution in [-0.4, -0.2) is 12.5 Å². The Balaban J connectivity index is 2.88. The summed E-state index contributed by atoms with van der Waals surface area (Å²) in [6.45, 7) is 0. The molecule has 2 aromatic rings. The summed E-state index contributed by atoms with van der Waals surface area (Å²) < 4.78 is 2.10. The Morgan fingerprint density at radius 1 is 1.57 bits per heavy atom. The number of carbonyl (C=O) groups is 1. The molecule has 4 heteroatoms. The summed E-state index contributed by atoms with van der Waals surface area (Å²) in [5.41, 5.74) is 0.753. The van der Waals surface area contributed by atoms with Gasteiger partial charge in [-0.25, -0.2) is 0 Å². The van der Waals surface area contributed by atoms with Gasteiger partial charge in [-0.3, -0.25) is 4.79 Å². The van der Waals surface area contributed by atoms with E-state index < -0.39 is 0 Å². The number of fused-ring (bicyclic) bond motifs is 1. The average Bonchev–Trinajstić information content (AvgIpc) is 2.62.